The van der Waals surface area contributed by atoms with Crippen LogP contribution in [0, 0.1) is 6.92 Å². The molecule has 0 saturated carbocycles. The highest BCUT2D eigenvalue weighted by molar-refractivity contribution is 5.88. The molecule has 0 unspecified atom stereocenters. The molecule has 0 aliphatic carbocycles. The predicted molar refractivity (Wildman–Crippen MR) is 137 cm³/mol. The first-order valence-corrected chi connectivity index (χ1v) is 11.7. The monoisotopic (exact) mass is 497 g/mol. The normalized spacial score (nSPS) is 13.8. The van der Waals surface area contributed by atoms with Crippen molar-refractivity contribution in [1.29, 1.82) is 0 Å². The number of nitrogens with one attached hydrogen (secondary N) is 1. The number of amides is 1. The topological polar surface area (TPSA) is 134 Å². The van der Waals surface area contributed by atoms with Crippen molar-refractivity contribution in [2.45, 2.75) is 6.92 Å². The minimum absolute atomic E-state index is 0.436. The van der Waals surface area contributed by atoms with Crippen LogP contribution in [-0.4, -0.2) is 71.8 Å². The molecule has 6 rings (SSSR count). The number of benzene rings is 1. The third kappa shape index (κ3) is 4.51. The third-order valence-electron chi connectivity index (χ3n) is 6.26. The lowest BCUT2D eigenvalue weighted by Crippen LogP contribution is -2.48. The Labute approximate surface area is 211 Å². The molecule has 1 amide bonds. The number of carbonyl (C=O) groups is 1. The number of nitrogens with zero attached hydrogens (tertiary/aromatic N) is 8. The Morgan fingerprint density at radius 1 is 1.00 bits per heavy atom. The van der Waals surface area contributed by atoms with Gasteiger partial charge in [0.2, 0.25) is 0 Å². The Kier molecular flexibility index (Phi) is 5.60. The van der Waals surface area contributed by atoms with Gasteiger partial charge >= 0.3 is 6.09 Å². The zero-order chi connectivity index (χ0) is 25.4. The average Bonchev–Trinajstić information content (AvgIpc) is 3.38. The fraction of sp³-hybridized carbons (Fsp3) is 0.200. The van der Waals surface area contributed by atoms with Crippen molar-refractivity contribution < 1.29 is 14.6 Å². The van der Waals surface area contributed by atoms with Gasteiger partial charge < -0.3 is 25.0 Å². The van der Waals surface area contributed by atoms with Gasteiger partial charge in [0.25, 0.3) is 0 Å². The molecular weight excluding hydrogens is 474 g/mol. The molecule has 5 heterocycles. The van der Waals surface area contributed by atoms with Gasteiger partial charge in [-0.1, -0.05) is 0 Å². The first kappa shape index (κ1) is 22.5. The van der Waals surface area contributed by atoms with Crippen LogP contribution in [0.2, 0.25) is 0 Å². The standard InChI is InChI=1S/C25H23N9O3/c1-16-12-17(2-4-20(16)37-18-6-7-34-22(13-18)27-15-29-34)30-24-23-19(26-14-28-24)3-5-21(31-23)32-8-10-33(11-9-32)25(35)36/h2-7,12-15H,8-11H2,1H3,(H,35,36)(H,26,28,30). The smallest absolute Gasteiger partial charge is 0.407 e. The fourth-order valence-electron chi connectivity index (χ4n) is 4.29. The summed E-state index contributed by atoms with van der Waals surface area (Å²) in [5.74, 6) is 2.75. The molecule has 1 fully saturated rings. The number of pyridine rings is 2. The highest BCUT2D eigenvalue weighted by atomic mass is 16.5. The molecule has 5 aromatic rings. The van der Waals surface area contributed by atoms with E-state index in [0.29, 0.717) is 54.4 Å². The van der Waals surface area contributed by atoms with Gasteiger partial charge in [-0.05, 0) is 48.9 Å². The molecule has 2 N–H and O–H groups in total. The van der Waals surface area contributed by atoms with Gasteiger partial charge in [-0.3, -0.25) is 0 Å². The zero-order valence-corrected chi connectivity index (χ0v) is 19.9. The minimum atomic E-state index is -0.894. The van der Waals surface area contributed by atoms with Gasteiger partial charge in [-0.2, -0.15) is 5.10 Å². The molecule has 1 aliphatic heterocycles. The Hall–Kier alpha value is -5.00. The SMILES string of the molecule is Cc1cc(Nc2ncnc3ccc(N4CCN(C(=O)O)CC4)nc23)ccc1Oc1ccn2ncnc2c1. The second-order valence-corrected chi connectivity index (χ2v) is 8.65. The molecule has 1 saturated heterocycles. The maximum atomic E-state index is 11.2. The highest BCUT2D eigenvalue weighted by Gasteiger charge is 2.22. The van der Waals surface area contributed by atoms with Crippen molar-refractivity contribution in [1.82, 2.24) is 34.4 Å². The quantitative estimate of drug-likeness (QED) is 0.370. The molecule has 0 atom stereocenters. The van der Waals surface area contributed by atoms with Crippen molar-refractivity contribution in [3.05, 3.63) is 66.9 Å². The van der Waals surface area contributed by atoms with Crippen molar-refractivity contribution >= 4 is 40.1 Å². The van der Waals surface area contributed by atoms with Crippen LogP contribution in [0.4, 0.5) is 22.1 Å². The number of piperazine rings is 1. The minimum Gasteiger partial charge on any atom is -0.465 e. The molecule has 0 bridgehead atoms. The lowest BCUT2D eigenvalue weighted by molar-refractivity contribution is 0.142. The largest absolute Gasteiger partial charge is 0.465 e. The van der Waals surface area contributed by atoms with Gasteiger partial charge in [-0.25, -0.2) is 29.2 Å². The first-order chi connectivity index (χ1) is 18.0. The van der Waals surface area contributed by atoms with E-state index in [1.165, 1.54) is 17.6 Å². The van der Waals surface area contributed by atoms with Crippen LogP contribution >= 0.6 is 0 Å². The Bertz CT molecular complexity index is 1610. The molecule has 186 valence electrons. The summed E-state index contributed by atoms with van der Waals surface area (Å²) in [5, 5.41) is 16.7. The Morgan fingerprint density at radius 2 is 1.86 bits per heavy atom. The Morgan fingerprint density at radius 3 is 2.68 bits per heavy atom. The van der Waals surface area contributed by atoms with Crippen LogP contribution < -0.4 is 15.0 Å². The molecule has 1 aliphatic rings. The van der Waals surface area contributed by atoms with E-state index in [1.54, 1.807) is 10.7 Å². The number of ether oxygens (including phenoxy) is 1. The van der Waals surface area contributed by atoms with Crippen LogP contribution in [-0.2, 0) is 0 Å². The van der Waals surface area contributed by atoms with Gasteiger partial charge in [0, 0.05) is 44.1 Å². The van der Waals surface area contributed by atoms with E-state index < -0.39 is 6.09 Å². The van der Waals surface area contributed by atoms with Crippen molar-refractivity contribution in [2.75, 3.05) is 36.4 Å². The summed E-state index contributed by atoms with van der Waals surface area (Å²) in [7, 11) is 0. The van der Waals surface area contributed by atoms with Gasteiger partial charge in [0.1, 0.15) is 35.5 Å². The number of anilines is 3. The van der Waals surface area contributed by atoms with Crippen LogP contribution in [0.1, 0.15) is 5.56 Å². The first-order valence-electron chi connectivity index (χ1n) is 11.7. The second-order valence-electron chi connectivity index (χ2n) is 8.65. The lowest BCUT2D eigenvalue weighted by Gasteiger charge is -2.33. The molecule has 12 heteroatoms. The number of carboxylic acid groups (broad SMARTS) is 1. The molecule has 1 aromatic carbocycles. The van der Waals surface area contributed by atoms with Gasteiger partial charge in [-0.15, -0.1) is 0 Å². The van der Waals surface area contributed by atoms with E-state index in [2.05, 4.69) is 30.3 Å². The summed E-state index contributed by atoms with van der Waals surface area (Å²) in [6.07, 6.45) is 3.91. The maximum absolute atomic E-state index is 11.2. The van der Waals surface area contributed by atoms with Crippen LogP contribution in [0.15, 0.2) is 61.3 Å². The number of aromatic nitrogens is 6. The van der Waals surface area contributed by atoms with E-state index >= 15 is 0 Å². The molecule has 12 nitrogen and oxygen atoms in total. The number of hydrogen-bond acceptors (Lipinski definition) is 9. The zero-order valence-electron chi connectivity index (χ0n) is 19.9. The molecule has 0 spiro atoms. The van der Waals surface area contributed by atoms with Crippen molar-refractivity contribution in [3.8, 4) is 11.5 Å². The molecule has 37 heavy (non-hydrogen) atoms. The Balaban J connectivity index is 1.22. The third-order valence-corrected chi connectivity index (χ3v) is 6.26. The summed E-state index contributed by atoms with van der Waals surface area (Å²) < 4.78 is 7.75. The van der Waals surface area contributed by atoms with E-state index in [-0.39, 0.29) is 0 Å². The predicted octanol–water partition coefficient (Wildman–Crippen LogP) is 3.71. The van der Waals surface area contributed by atoms with Gasteiger partial charge in [0.15, 0.2) is 11.5 Å². The molecule has 4 aromatic heterocycles. The summed E-state index contributed by atoms with van der Waals surface area (Å²) >= 11 is 0. The summed E-state index contributed by atoms with van der Waals surface area (Å²) in [6, 6.07) is 13.3. The molecular formula is C25H23N9O3. The van der Waals surface area contributed by atoms with Gasteiger partial charge in [0.05, 0.1) is 5.52 Å². The highest BCUT2D eigenvalue weighted by Crippen LogP contribution is 2.30. The maximum Gasteiger partial charge on any atom is 0.407 e. The number of rotatable bonds is 5. The number of hydrogen-bond donors (Lipinski definition) is 2. The van der Waals surface area contributed by atoms with E-state index in [1.807, 2.05) is 49.4 Å². The van der Waals surface area contributed by atoms with E-state index in [0.717, 1.165) is 22.8 Å². The summed E-state index contributed by atoms with van der Waals surface area (Å²) in [4.78, 5) is 32.5. The fourth-order valence-corrected chi connectivity index (χ4v) is 4.29. The molecule has 0 radical (unpaired) electrons. The van der Waals surface area contributed by atoms with Crippen molar-refractivity contribution in [3.63, 3.8) is 0 Å². The van der Waals surface area contributed by atoms with Crippen molar-refractivity contribution in [2.24, 2.45) is 0 Å². The van der Waals surface area contributed by atoms with E-state index in [9.17, 15) is 9.90 Å². The van der Waals surface area contributed by atoms with Crippen LogP contribution in [0.25, 0.3) is 16.7 Å². The summed E-state index contributed by atoms with van der Waals surface area (Å²) in [6.45, 7) is 4.00. The van der Waals surface area contributed by atoms with E-state index in [4.69, 9.17) is 9.72 Å². The average molecular weight is 498 g/mol. The summed E-state index contributed by atoms with van der Waals surface area (Å²) in [5.41, 5.74) is 3.83. The number of fused-ring (bicyclic) bond motifs is 2. The van der Waals surface area contributed by atoms with Crippen LogP contribution in [0.3, 0.4) is 0 Å². The second kappa shape index (κ2) is 9.22. The number of aryl methyl sites for hydroxylation is 1. The lowest BCUT2D eigenvalue weighted by atomic mass is 10.2. The van der Waals surface area contributed by atoms with Crippen LogP contribution in [0.5, 0.6) is 11.5 Å².